The van der Waals surface area contributed by atoms with E-state index >= 15 is 0 Å². The molecule has 5 N–H and O–H groups in total. The number of nitrogens with two attached hydrogens (primary N) is 2. The summed E-state index contributed by atoms with van der Waals surface area (Å²) in [5.74, 6) is 5.64. The minimum atomic E-state index is -0.282. The van der Waals surface area contributed by atoms with Gasteiger partial charge in [0.1, 0.15) is 0 Å². The maximum absolute atomic E-state index is 11.3. The van der Waals surface area contributed by atoms with Gasteiger partial charge in [-0.3, -0.25) is 10.2 Å². The Kier molecular flexibility index (Phi) is 4.65. The minimum Gasteiger partial charge on any atom is -0.398 e. The van der Waals surface area contributed by atoms with Crippen molar-refractivity contribution in [3.05, 3.63) is 59.2 Å². The molecule has 0 radical (unpaired) electrons. The Balaban J connectivity index is 2.04. The maximum Gasteiger partial charge on any atom is 0.265 e. The first-order chi connectivity index (χ1) is 9.61. The zero-order chi connectivity index (χ0) is 14.5. The zero-order valence-electron chi connectivity index (χ0n) is 11.2. The van der Waals surface area contributed by atoms with Gasteiger partial charge in [0.2, 0.25) is 0 Å². The lowest BCUT2D eigenvalue weighted by molar-refractivity contribution is 0.0953. The highest BCUT2D eigenvalue weighted by Gasteiger charge is 2.05. The summed E-state index contributed by atoms with van der Waals surface area (Å²) in [5.41, 5.74) is 11.6. The van der Waals surface area contributed by atoms with E-state index in [4.69, 9.17) is 11.6 Å². The van der Waals surface area contributed by atoms with Crippen LogP contribution in [-0.4, -0.2) is 5.91 Å². The summed E-state index contributed by atoms with van der Waals surface area (Å²) in [6, 6.07) is 13.3. The predicted octanol–water partition coefficient (Wildman–Crippen LogP) is 2.47. The maximum atomic E-state index is 11.3. The molecule has 5 heteroatoms. The smallest absolute Gasteiger partial charge is 0.265 e. The largest absolute Gasteiger partial charge is 0.398 e. The number of carbonyl (C=O) groups is 1. The third kappa shape index (κ3) is 3.31. The molecule has 1 amide bonds. The van der Waals surface area contributed by atoms with Gasteiger partial charge in [-0.15, -0.1) is 11.8 Å². The summed E-state index contributed by atoms with van der Waals surface area (Å²) >= 11 is 1.73. The molecule has 0 saturated heterocycles. The average molecular weight is 287 g/mol. The van der Waals surface area contributed by atoms with Gasteiger partial charge in [0.05, 0.1) is 0 Å². The van der Waals surface area contributed by atoms with Crippen molar-refractivity contribution in [2.45, 2.75) is 17.6 Å². The second kappa shape index (κ2) is 6.45. The van der Waals surface area contributed by atoms with Crippen LogP contribution in [0.15, 0.2) is 47.4 Å². The molecule has 0 saturated carbocycles. The highest BCUT2D eigenvalue weighted by molar-refractivity contribution is 7.98. The van der Waals surface area contributed by atoms with Gasteiger partial charge < -0.3 is 5.73 Å². The van der Waals surface area contributed by atoms with Gasteiger partial charge in [-0.05, 0) is 42.3 Å². The highest BCUT2D eigenvalue weighted by atomic mass is 32.2. The standard InChI is InChI=1S/C15H17N3OS/c1-10-13(16)3-2-4-14(10)20-9-11-5-7-12(8-6-11)15(19)18-17/h2-8H,9,16-17H2,1H3,(H,18,19). The zero-order valence-corrected chi connectivity index (χ0v) is 12.0. The predicted molar refractivity (Wildman–Crippen MR) is 83.2 cm³/mol. The van der Waals surface area contributed by atoms with Crippen LogP contribution in [0, 0.1) is 6.92 Å². The van der Waals surface area contributed by atoms with Crippen LogP contribution in [0.25, 0.3) is 0 Å². The molecule has 0 aromatic heterocycles. The molecule has 104 valence electrons. The first-order valence-corrected chi connectivity index (χ1v) is 7.18. The average Bonchev–Trinajstić information content (AvgIpc) is 2.48. The Labute approximate surface area is 122 Å². The molecule has 0 spiro atoms. The molecule has 0 aliphatic rings. The molecule has 0 atom stereocenters. The molecule has 0 fully saturated rings. The van der Waals surface area contributed by atoms with Crippen molar-refractivity contribution < 1.29 is 4.79 Å². The number of anilines is 1. The van der Waals surface area contributed by atoms with Gasteiger partial charge >= 0.3 is 0 Å². The van der Waals surface area contributed by atoms with E-state index in [1.165, 1.54) is 4.90 Å². The van der Waals surface area contributed by atoms with Crippen molar-refractivity contribution in [1.29, 1.82) is 0 Å². The number of amides is 1. The number of benzene rings is 2. The molecule has 0 bridgehead atoms. The van der Waals surface area contributed by atoms with Gasteiger partial charge in [0, 0.05) is 21.9 Å². The normalized spacial score (nSPS) is 10.3. The van der Waals surface area contributed by atoms with Crippen LogP contribution in [0.3, 0.4) is 0 Å². The fraction of sp³-hybridized carbons (Fsp3) is 0.133. The Hall–Kier alpha value is -1.98. The van der Waals surface area contributed by atoms with Crippen molar-refractivity contribution in [1.82, 2.24) is 5.43 Å². The first-order valence-electron chi connectivity index (χ1n) is 6.19. The first kappa shape index (κ1) is 14.4. The second-order valence-electron chi connectivity index (χ2n) is 4.43. The number of nitrogens with one attached hydrogen (secondary N) is 1. The van der Waals surface area contributed by atoms with Crippen LogP contribution in [0.2, 0.25) is 0 Å². The van der Waals surface area contributed by atoms with E-state index in [0.29, 0.717) is 5.56 Å². The quantitative estimate of drug-likeness (QED) is 0.265. The summed E-state index contributed by atoms with van der Waals surface area (Å²) in [5, 5.41) is 0. The molecular formula is C15H17N3OS. The summed E-state index contributed by atoms with van der Waals surface area (Å²) in [7, 11) is 0. The van der Waals surface area contributed by atoms with Crippen molar-refractivity contribution in [3.63, 3.8) is 0 Å². The Morgan fingerprint density at radius 1 is 1.20 bits per heavy atom. The molecular weight excluding hydrogens is 270 g/mol. The Bertz CT molecular complexity index is 611. The lowest BCUT2D eigenvalue weighted by atomic mass is 10.1. The monoisotopic (exact) mass is 287 g/mol. The fourth-order valence-electron chi connectivity index (χ4n) is 1.78. The number of rotatable bonds is 4. The van der Waals surface area contributed by atoms with Crippen LogP contribution < -0.4 is 17.0 Å². The summed E-state index contributed by atoms with van der Waals surface area (Å²) < 4.78 is 0. The van der Waals surface area contributed by atoms with Crippen molar-refractivity contribution in [2.75, 3.05) is 5.73 Å². The van der Waals surface area contributed by atoms with Crippen LogP contribution in [0.1, 0.15) is 21.5 Å². The van der Waals surface area contributed by atoms with Crippen LogP contribution >= 0.6 is 11.8 Å². The van der Waals surface area contributed by atoms with Crippen molar-refractivity contribution >= 4 is 23.4 Å². The molecule has 20 heavy (non-hydrogen) atoms. The molecule has 0 unspecified atom stereocenters. The fourth-order valence-corrected chi connectivity index (χ4v) is 2.81. The Morgan fingerprint density at radius 2 is 1.90 bits per heavy atom. The third-order valence-corrected chi connectivity index (χ3v) is 4.30. The number of hydrogen-bond acceptors (Lipinski definition) is 4. The lowest BCUT2D eigenvalue weighted by Crippen LogP contribution is -2.29. The minimum absolute atomic E-state index is 0.282. The number of thioether (sulfide) groups is 1. The topological polar surface area (TPSA) is 81.1 Å². The molecule has 4 nitrogen and oxygen atoms in total. The van der Waals surface area contributed by atoms with Crippen LogP contribution in [0.5, 0.6) is 0 Å². The van der Waals surface area contributed by atoms with Gasteiger partial charge in [0.15, 0.2) is 0 Å². The molecule has 0 aliphatic carbocycles. The van der Waals surface area contributed by atoms with E-state index in [1.54, 1.807) is 23.9 Å². The Morgan fingerprint density at radius 3 is 2.55 bits per heavy atom. The van der Waals surface area contributed by atoms with E-state index in [-0.39, 0.29) is 5.91 Å². The lowest BCUT2D eigenvalue weighted by Gasteiger charge is -2.08. The SMILES string of the molecule is Cc1c(N)cccc1SCc1ccc(C(=O)NN)cc1. The van der Waals surface area contributed by atoms with E-state index in [0.717, 1.165) is 22.6 Å². The number of hydrazine groups is 1. The highest BCUT2D eigenvalue weighted by Crippen LogP contribution is 2.28. The number of carbonyl (C=O) groups excluding carboxylic acids is 1. The number of nitrogen functional groups attached to an aromatic ring is 2. The summed E-state index contributed by atoms with van der Waals surface area (Å²) in [4.78, 5) is 12.5. The molecule has 0 heterocycles. The van der Waals surface area contributed by atoms with Gasteiger partial charge in [0.25, 0.3) is 5.91 Å². The second-order valence-corrected chi connectivity index (χ2v) is 5.45. The van der Waals surface area contributed by atoms with Gasteiger partial charge in [-0.2, -0.15) is 0 Å². The van der Waals surface area contributed by atoms with E-state index in [9.17, 15) is 4.79 Å². The van der Waals surface area contributed by atoms with Crippen LogP contribution in [0.4, 0.5) is 5.69 Å². The molecule has 2 aromatic carbocycles. The van der Waals surface area contributed by atoms with Crippen LogP contribution in [-0.2, 0) is 5.75 Å². The number of hydrogen-bond donors (Lipinski definition) is 3. The molecule has 2 rings (SSSR count). The van der Waals surface area contributed by atoms with E-state index in [1.807, 2.05) is 31.2 Å². The van der Waals surface area contributed by atoms with Crippen molar-refractivity contribution in [2.24, 2.45) is 5.84 Å². The third-order valence-electron chi connectivity index (χ3n) is 3.07. The van der Waals surface area contributed by atoms with Gasteiger partial charge in [-0.25, -0.2) is 5.84 Å². The van der Waals surface area contributed by atoms with E-state index in [2.05, 4.69) is 11.5 Å². The van der Waals surface area contributed by atoms with E-state index < -0.39 is 0 Å². The molecule has 0 aliphatic heterocycles. The summed E-state index contributed by atoms with van der Waals surface area (Å²) in [6.45, 7) is 2.02. The van der Waals surface area contributed by atoms with Crippen molar-refractivity contribution in [3.8, 4) is 0 Å². The van der Waals surface area contributed by atoms with Gasteiger partial charge in [-0.1, -0.05) is 18.2 Å². The summed E-state index contributed by atoms with van der Waals surface area (Å²) in [6.07, 6.45) is 0. The molecule has 2 aromatic rings.